The SMILES string of the molecule is O=C(Nc1c(Br)cc(Br)cc1-c1nc2ccccc2s1)C(c1ccccc1)c1ccccc1. The molecule has 1 heterocycles. The first-order valence-corrected chi connectivity index (χ1v) is 12.8. The number of nitrogens with zero attached hydrogens (tertiary/aromatic N) is 1. The van der Waals surface area contributed by atoms with Crippen molar-refractivity contribution >= 4 is 65.0 Å². The largest absolute Gasteiger partial charge is 0.324 e. The van der Waals surface area contributed by atoms with Gasteiger partial charge in [-0.3, -0.25) is 4.79 Å². The maximum absolute atomic E-state index is 13.7. The first-order chi connectivity index (χ1) is 16.1. The summed E-state index contributed by atoms with van der Waals surface area (Å²) in [7, 11) is 0. The van der Waals surface area contributed by atoms with Crippen LogP contribution >= 0.6 is 43.2 Å². The Bertz CT molecular complexity index is 1360. The summed E-state index contributed by atoms with van der Waals surface area (Å²) in [6.07, 6.45) is 0. The molecule has 0 bridgehead atoms. The topological polar surface area (TPSA) is 42.0 Å². The average Bonchev–Trinajstić information content (AvgIpc) is 3.26. The van der Waals surface area contributed by atoms with Crippen LogP contribution in [0.3, 0.4) is 0 Å². The second-order valence-corrected chi connectivity index (χ2v) is 10.3. The van der Waals surface area contributed by atoms with Gasteiger partial charge in [0.05, 0.1) is 21.8 Å². The fraction of sp³-hybridized carbons (Fsp3) is 0.0370. The Balaban J connectivity index is 1.59. The van der Waals surface area contributed by atoms with Crippen LogP contribution in [0.4, 0.5) is 5.69 Å². The molecular weight excluding hydrogens is 560 g/mol. The number of amides is 1. The van der Waals surface area contributed by atoms with Crippen molar-refractivity contribution in [2.24, 2.45) is 0 Å². The van der Waals surface area contributed by atoms with Gasteiger partial charge in [0.1, 0.15) is 5.01 Å². The number of carbonyl (C=O) groups is 1. The van der Waals surface area contributed by atoms with Gasteiger partial charge in [-0.2, -0.15) is 0 Å². The number of rotatable bonds is 5. The quantitative estimate of drug-likeness (QED) is 0.228. The molecule has 0 fully saturated rings. The third-order valence-corrected chi connectivity index (χ3v) is 7.51. The van der Waals surface area contributed by atoms with Crippen molar-refractivity contribution in [1.82, 2.24) is 4.98 Å². The van der Waals surface area contributed by atoms with Crippen LogP contribution in [0.25, 0.3) is 20.8 Å². The van der Waals surface area contributed by atoms with Crippen molar-refractivity contribution in [3.8, 4) is 10.6 Å². The van der Waals surface area contributed by atoms with E-state index in [-0.39, 0.29) is 5.91 Å². The fourth-order valence-corrected chi connectivity index (χ4v) is 6.15. The Hall–Kier alpha value is -2.80. The molecule has 0 saturated carbocycles. The molecule has 0 unspecified atom stereocenters. The molecule has 0 atom stereocenters. The summed E-state index contributed by atoms with van der Waals surface area (Å²) in [5, 5.41) is 4.06. The minimum absolute atomic E-state index is 0.0993. The van der Waals surface area contributed by atoms with E-state index < -0.39 is 5.92 Å². The summed E-state index contributed by atoms with van der Waals surface area (Å²) < 4.78 is 2.80. The van der Waals surface area contributed by atoms with Gasteiger partial charge in [0.2, 0.25) is 5.91 Å². The molecule has 162 valence electrons. The minimum Gasteiger partial charge on any atom is -0.324 e. The lowest BCUT2D eigenvalue weighted by Gasteiger charge is -2.20. The van der Waals surface area contributed by atoms with E-state index >= 15 is 0 Å². The summed E-state index contributed by atoms with van der Waals surface area (Å²) in [4.78, 5) is 18.6. The lowest BCUT2D eigenvalue weighted by atomic mass is 9.90. The number of carbonyl (C=O) groups excluding carboxylic acids is 1. The Morgan fingerprint density at radius 3 is 2.06 bits per heavy atom. The molecule has 0 aliphatic heterocycles. The van der Waals surface area contributed by atoms with Crippen molar-refractivity contribution < 1.29 is 4.79 Å². The molecule has 0 spiro atoms. The number of hydrogen-bond acceptors (Lipinski definition) is 3. The van der Waals surface area contributed by atoms with E-state index in [4.69, 9.17) is 4.98 Å². The molecular formula is C27H18Br2N2OS. The maximum Gasteiger partial charge on any atom is 0.236 e. The highest BCUT2D eigenvalue weighted by Gasteiger charge is 2.25. The Kier molecular flexibility index (Phi) is 6.40. The highest BCUT2D eigenvalue weighted by molar-refractivity contribution is 9.11. The van der Waals surface area contributed by atoms with E-state index in [0.717, 1.165) is 40.9 Å². The molecule has 0 saturated heterocycles. The first-order valence-electron chi connectivity index (χ1n) is 10.4. The van der Waals surface area contributed by atoms with Crippen LogP contribution in [0, 0.1) is 0 Å². The molecule has 0 radical (unpaired) electrons. The molecule has 33 heavy (non-hydrogen) atoms. The predicted octanol–water partition coefficient (Wildman–Crippen LogP) is 8.26. The molecule has 4 aromatic carbocycles. The van der Waals surface area contributed by atoms with Crippen molar-refractivity contribution in [1.29, 1.82) is 0 Å². The lowest BCUT2D eigenvalue weighted by molar-refractivity contribution is -0.116. The normalized spacial score (nSPS) is 11.1. The molecule has 1 aromatic heterocycles. The molecule has 5 rings (SSSR count). The van der Waals surface area contributed by atoms with Crippen LogP contribution in [-0.2, 0) is 4.79 Å². The number of thiazole rings is 1. The van der Waals surface area contributed by atoms with Crippen molar-refractivity contribution in [3.63, 3.8) is 0 Å². The Labute approximate surface area is 212 Å². The molecule has 0 aliphatic rings. The smallest absolute Gasteiger partial charge is 0.236 e. The summed E-state index contributed by atoms with van der Waals surface area (Å²) in [5.74, 6) is -0.538. The number of anilines is 1. The van der Waals surface area contributed by atoms with E-state index in [1.807, 2.05) is 91.0 Å². The van der Waals surface area contributed by atoms with Crippen molar-refractivity contribution in [2.45, 2.75) is 5.92 Å². The molecule has 1 amide bonds. The number of benzene rings is 4. The maximum atomic E-state index is 13.7. The summed E-state index contributed by atoms with van der Waals surface area (Å²) in [6, 6.07) is 31.7. The van der Waals surface area contributed by atoms with Gasteiger partial charge in [-0.15, -0.1) is 11.3 Å². The second-order valence-electron chi connectivity index (χ2n) is 7.54. The van der Waals surface area contributed by atoms with Gasteiger partial charge in [0.15, 0.2) is 0 Å². The average molecular weight is 578 g/mol. The van der Waals surface area contributed by atoms with Gasteiger partial charge in [-0.1, -0.05) is 88.7 Å². The molecule has 6 heteroatoms. The van der Waals surface area contributed by atoms with E-state index in [9.17, 15) is 4.79 Å². The number of fused-ring (bicyclic) bond motifs is 1. The van der Waals surface area contributed by atoms with Crippen molar-refractivity contribution in [2.75, 3.05) is 5.32 Å². The predicted molar refractivity (Wildman–Crippen MR) is 144 cm³/mol. The molecule has 1 N–H and O–H groups in total. The van der Waals surface area contributed by atoms with Crippen LogP contribution in [0.1, 0.15) is 17.0 Å². The van der Waals surface area contributed by atoms with Crippen molar-refractivity contribution in [3.05, 3.63) is 117 Å². The molecule has 5 aromatic rings. The standard InChI is InChI=1S/C27H18Br2N2OS/c28-19-15-20(27-30-22-13-7-8-14-23(22)33-27)25(21(29)16-19)31-26(32)24(17-9-3-1-4-10-17)18-11-5-2-6-12-18/h1-16,24H,(H,31,32). The van der Waals surface area contributed by atoms with Crippen LogP contribution in [-0.4, -0.2) is 10.9 Å². The van der Waals surface area contributed by atoms with E-state index in [1.165, 1.54) is 0 Å². The number of aromatic nitrogens is 1. The minimum atomic E-state index is -0.439. The zero-order chi connectivity index (χ0) is 22.8. The lowest BCUT2D eigenvalue weighted by Crippen LogP contribution is -2.22. The van der Waals surface area contributed by atoms with Gasteiger partial charge in [-0.25, -0.2) is 4.98 Å². The summed E-state index contributed by atoms with van der Waals surface area (Å²) >= 11 is 8.86. The zero-order valence-corrected chi connectivity index (χ0v) is 21.3. The first kappa shape index (κ1) is 22.0. The van der Waals surface area contributed by atoms with Gasteiger partial charge in [-0.05, 0) is 51.3 Å². The van der Waals surface area contributed by atoms with Gasteiger partial charge < -0.3 is 5.32 Å². The van der Waals surface area contributed by atoms with Gasteiger partial charge >= 0.3 is 0 Å². The monoisotopic (exact) mass is 576 g/mol. The molecule has 3 nitrogen and oxygen atoms in total. The highest BCUT2D eigenvalue weighted by atomic mass is 79.9. The Morgan fingerprint density at radius 1 is 0.818 bits per heavy atom. The third-order valence-electron chi connectivity index (χ3n) is 5.36. The van der Waals surface area contributed by atoms with E-state index in [1.54, 1.807) is 11.3 Å². The third kappa shape index (κ3) is 4.64. The number of nitrogens with one attached hydrogen (secondary N) is 1. The summed E-state index contributed by atoms with van der Waals surface area (Å²) in [6.45, 7) is 0. The van der Waals surface area contributed by atoms with Crippen LogP contribution < -0.4 is 5.32 Å². The second kappa shape index (κ2) is 9.59. The summed E-state index contributed by atoms with van der Waals surface area (Å²) in [5.41, 5.74) is 4.40. The number of hydrogen-bond donors (Lipinski definition) is 1. The van der Waals surface area contributed by atoms with E-state index in [2.05, 4.69) is 43.2 Å². The van der Waals surface area contributed by atoms with Gasteiger partial charge in [0.25, 0.3) is 0 Å². The number of halogens is 2. The highest BCUT2D eigenvalue weighted by Crippen LogP contribution is 2.41. The van der Waals surface area contributed by atoms with E-state index in [0.29, 0.717) is 5.69 Å². The number of para-hydroxylation sites is 1. The molecule has 0 aliphatic carbocycles. The Morgan fingerprint density at radius 2 is 1.42 bits per heavy atom. The van der Waals surface area contributed by atoms with Crippen LogP contribution in [0.5, 0.6) is 0 Å². The fourth-order valence-electron chi connectivity index (χ4n) is 3.84. The van der Waals surface area contributed by atoms with Crippen LogP contribution in [0.15, 0.2) is 106 Å². The zero-order valence-electron chi connectivity index (χ0n) is 17.3. The van der Waals surface area contributed by atoms with Gasteiger partial charge in [0, 0.05) is 14.5 Å². The van der Waals surface area contributed by atoms with Crippen LogP contribution in [0.2, 0.25) is 0 Å².